The molecule has 1 atom stereocenters. The third kappa shape index (κ3) is 2.66. The molecule has 0 aliphatic heterocycles. The van der Waals surface area contributed by atoms with E-state index in [0.717, 1.165) is 12.1 Å². The van der Waals surface area contributed by atoms with Gasteiger partial charge in [-0.05, 0) is 19.1 Å². The minimum Gasteiger partial charge on any atom is -0.394 e. The molecule has 0 amide bonds. The first-order valence-corrected chi connectivity index (χ1v) is 3.96. The molecule has 0 aromatic heterocycles. The van der Waals surface area contributed by atoms with Gasteiger partial charge in [0.1, 0.15) is 0 Å². The standard InChI is InChI=1S/C9H11F2NO/c1-6(5-13)12-7-2-3-8(10)9(11)4-7/h2-4,6,12-13H,5H2,1H3. The molecule has 0 spiro atoms. The second-order valence-electron chi connectivity index (χ2n) is 2.86. The Labute approximate surface area is 75.2 Å². The summed E-state index contributed by atoms with van der Waals surface area (Å²) in [5, 5.41) is 11.5. The van der Waals surface area contributed by atoms with Gasteiger partial charge < -0.3 is 10.4 Å². The maximum Gasteiger partial charge on any atom is 0.160 e. The van der Waals surface area contributed by atoms with Crippen molar-refractivity contribution in [1.29, 1.82) is 0 Å². The zero-order valence-corrected chi connectivity index (χ0v) is 7.22. The molecule has 0 aliphatic rings. The van der Waals surface area contributed by atoms with Crippen LogP contribution >= 0.6 is 0 Å². The van der Waals surface area contributed by atoms with Crippen molar-refractivity contribution in [3.63, 3.8) is 0 Å². The van der Waals surface area contributed by atoms with E-state index in [-0.39, 0.29) is 12.6 Å². The number of hydrogen-bond acceptors (Lipinski definition) is 2. The largest absolute Gasteiger partial charge is 0.394 e. The predicted octanol–water partition coefficient (Wildman–Crippen LogP) is 1.76. The Hall–Kier alpha value is -1.16. The lowest BCUT2D eigenvalue weighted by Gasteiger charge is -2.11. The second kappa shape index (κ2) is 4.18. The molecule has 0 heterocycles. The summed E-state index contributed by atoms with van der Waals surface area (Å²) in [6.45, 7) is 1.68. The van der Waals surface area contributed by atoms with Crippen molar-refractivity contribution in [1.82, 2.24) is 0 Å². The Balaban J connectivity index is 2.73. The highest BCUT2D eigenvalue weighted by Gasteiger charge is 2.04. The molecular formula is C9H11F2NO. The zero-order chi connectivity index (χ0) is 9.84. The van der Waals surface area contributed by atoms with E-state index in [1.54, 1.807) is 6.92 Å². The Kier molecular flexibility index (Phi) is 3.19. The van der Waals surface area contributed by atoms with Crippen LogP contribution in [-0.2, 0) is 0 Å². The first-order chi connectivity index (χ1) is 6.13. The van der Waals surface area contributed by atoms with E-state index >= 15 is 0 Å². The topological polar surface area (TPSA) is 32.3 Å². The van der Waals surface area contributed by atoms with Crippen LogP contribution in [0.3, 0.4) is 0 Å². The van der Waals surface area contributed by atoms with Crippen molar-refractivity contribution in [3.05, 3.63) is 29.8 Å². The first-order valence-electron chi connectivity index (χ1n) is 3.96. The molecule has 1 rings (SSSR count). The van der Waals surface area contributed by atoms with Crippen LogP contribution in [0.1, 0.15) is 6.92 Å². The Morgan fingerprint density at radius 2 is 2.08 bits per heavy atom. The summed E-state index contributed by atoms with van der Waals surface area (Å²) in [4.78, 5) is 0. The fourth-order valence-electron chi connectivity index (χ4n) is 0.916. The summed E-state index contributed by atoms with van der Waals surface area (Å²) in [5.74, 6) is -1.77. The molecule has 0 radical (unpaired) electrons. The van der Waals surface area contributed by atoms with Crippen LogP contribution in [-0.4, -0.2) is 17.8 Å². The van der Waals surface area contributed by atoms with Crippen molar-refractivity contribution in [2.75, 3.05) is 11.9 Å². The lowest BCUT2D eigenvalue weighted by Crippen LogP contribution is -2.19. The van der Waals surface area contributed by atoms with Gasteiger partial charge in [-0.2, -0.15) is 0 Å². The average molecular weight is 187 g/mol. The molecule has 0 aliphatic carbocycles. The van der Waals surface area contributed by atoms with Crippen LogP contribution in [0.25, 0.3) is 0 Å². The molecule has 1 aromatic rings. The normalized spacial score (nSPS) is 12.6. The average Bonchev–Trinajstić information content (AvgIpc) is 2.11. The van der Waals surface area contributed by atoms with E-state index in [2.05, 4.69) is 5.32 Å². The van der Waals surface area contributed by atoms with Gasteiger partial charge in [-0.25, -0.2) is 8.78 Å². The summed E-state index contributed by atoms with van der Waals surface area (Å²) < 4.78 is 25.1. The van der Waals surface area contributed by atoms with Gasteiger partial charge in [-0.3, -0.25) is 0 Å². The number of nitrogens with one attached hydrogen (secondary N) is 1. The summed E-state index contributed by atoms with van der Waals surface area (Å²) in [7, 11) is 0. The van der Waals surface area contributed by atoms with Crippen molar-refractivity contribution < 1.29 is 13.9 Å². The van der Waals surface area contributed by atoms with Crippen LogP contribution in [0.2, 0.25) is 0 Å². The molecule has 0 fully saturated rings. The summed E-state index contributed by atoms with van der Waals surface area (Å²) >= 11 is 0. The van der Waals surface area contributed by atoms with Gasteiger partial charge in [0.15, 0.2) is 11.6 Å². The highest BCUT2D eigenvalue weighted by atomic mass is 19.2. The van der Waals surface area contributed by atoms with Crippen LogP contribution in [0.5, 0.6) is 0 Å². The molecule has 0 saturated heterocycles. The molecular weight excluding hydrogens is 176 g/mol. The molecule has 4 heteroatoms. The quantitative estimate of drug-likeness (QED) is 0.755. The predicted molar refractivity (Wildman–Crippen MR) is 46.5 cm³/mol. The molecule has 72 valence electrons. The number of hydrogen-bond donors (Lipinski definition) is 2. The summed E-state index contributed by atoms with van der Waals surface area (Å²) in [5.41, 5.74) is 0.459. The Morgan fingerprint density at radius 3 is 2.62 bits per heavy atom. The van der Waals surface area contributed by atoms with Gasteiger partial charge in [-0.1, -0.05) is 0 Å². The maximum absolute atomic E-state index is 12.7. The van der Waals surface area contributed by atoms with Gasteiger partial charge in [0.05, 0.1) is 6.61 Å². The van der Waals surface area contributed by atoms with Gasteiger partial charge in [0.2, 0.25) is 0 Å². The second-order valence-corrected chi connectivity index (χ2v) is 2.86. The number of aliphatic hydroxyl groups is 1. The lowest BCUT2D eigenvalue weighted by molar-refractivity contribution is 0.281. The SMILES string of the molecule is CC(CO)Nc1ccc(F)c(F)c1. The van der Waals surface area contributed by atoms with Crippen LogP contribution < -0.4 is 5.32 Å². The summed E-state index contributed by atoms with van der Waals surface area (Å²) in [6.07, 6.45) is 0. The molecule has 2 N–H and O–H groups in total. The molecule has 13 heavy (non-hydrogen) atoms. The highest BCUT2D eigenvalue weighted by Crippen LogP contribution is 2.13. The number of halogens is 2. The van der Waals surface area contributed by atoms with Crippen molar-refractivity contribution in [2.45, 2.75) is 13.0 Å². The van der Waals surface area contributed by atoms with E-state index in [1.807, 2.05) is 0 Å². The van der Waals surface area contributed by atoms with Crippen LogP contribution in [0, 0.1) is 11.6 Å². The van der Waals surface area contributed by atoms with Crippen molar-refractivity contribution in [3.8, 4) is 0 Å². The Morgan fingerprint density at radius 1 is 1.38 bits per heavy atom. The third-order valence-corrected chi connectivity index (χ3v) is 1.61. The Bertz CT molecular complexity index is 291. The number of aliphatic hydroxyl groups excluding tert-OH is 1. The fourth-order valence-corrected chi connectivity index (χ4v) is 0.916. The van der Waals surface area contributed by atoms with E-state index in [4.69, 9.17) is 5.11 Å². The number of anilines is 1. The first kappa shape index (κ1) is 9.92. The van der Waals surface area contributed by atoms with Gasteiger partial charge in [0.25, 0.3) is 0 Å². The monoisotopic (exact) mass is 187 g/mol. The van der Waals surface area contributed by atoms with E-state index in [9.17, 15) is 8.78 Å². The molecule has 1 unspecified atom stereocenters. The number of benzene rings is 1. The summed E-state index contributed by atoms with van der Waals surface area (Å²) in [6, 6.07) is 3.35. The molecule has 1 aromatic carbocycles. The lowest BCUT2D eigenvalue weighted by atomic mass is 10.2. The fraction of sp³-hybridized carbons (Fsp3) is 0.333. The molecule has 0 saturated carbocycles. The third-order valence-electron chi connectivity index (χ3n) is 1.61. The molecule has 0 bridgehead atoms. The van der Waals surface area contributed by atoms with E-state index in [0.29, 0.717) is 5.69 Å². The van der Waals surface area contributed by atoms with Gasteiger partial charge in [0, 0.05) is 17.8 Å². The van der Waals surface area contributed by atoms with Gasteiger partial charge in [-0.15, -0.1) is 0 Å². The van der Waals surface area contributed by atoms with E-state index < -0.39 is 11.6 Å². The maximum atomic E-state index is 12.7. The van der Waals surface area contributed by atoms with Crippen LogP contribution in [0.4, 0.5) is 14.5 Å². The zero-order valence-electron chi connectivity index (χ0n) is 7.22. The minimum atomic E-state index is -0.893. The van der Waals surface area contributed by atoms with Crippen molar-refractivity contribution in [2.24, 2.45) is 0 Å². The van der Waals surface area contributed by atoms with E-state index in [1.165, 1.54) is 6.07 Å². The highest BCUT2D eigenvalue weighted by molar-refractivity contribution is 5.44. The van der Waals surface area contributed by atoms with Gasteiger partial charge >= 0.3 is 0 Å². The minimum absolute atomic E-state index is 0.0566. The number of rotatable bonds is 3. The molecule has 2 nitrogen and oxygen atoms in total. The van der Waals surface area contributed by atoms with Crippen LogP contribution in [0.15, 0.2) is 18.2 Å². The van der Waals surface area contributed by atoms with Crippen molar-refractivity contribution >= 4 is 5.69 Å². The smallest absolute Gasteiger partial charge is 0.160 e.